The van der Waals surface area contributed by atoms with E-state index in [1.165, 1.54) is 11.4 Å². The van der Waals surface area contributed by atoms with Crippen molar-refractivity contribution in [1.29, 1.82) is 0 Å². The summed E-state index contributed by atoms with van der Waals surface area (Å²) in [6.45, 7) is 6.86. The molecule has 6 heteroatoms. The Morgan fingerprint density at radius 2 is 1.93 bits per heavy atom. The van der Waals surface area contributed by atoms with Crippen LogP contribution in [0.5, 0.6) is 0 Å². The molecule has 0 aliphatic carbocycles. The molecule has 0 unspecified atom stereocenters. The van der Waals surface area contributed by atoms with Crippen LogP contribution < -0.4 is 0 Å². The molecule has 0 aliphatic heterocycles. The second-order valence-electron chi connectivity index (χ2n) is 2.37. The highest BCUT2D eigenvalue weighted by atomic mass is 35.5. The van der Waals surface area contributed by atoms with Gasteiger partial charge in [-0.1, -0.05) is 29.1 Å². The van der Waals surface area contributed by atoms with Crippen LogP contribution in [0.25, 0.3) is 0 Å². The van der Waals surface area contributed by atoms with E-state index in [-0.39, 0.29) is 0 Å². The summed E-state index contributed by atoms with van der Waals surface area (Å²) in [7, 11) is 0. The van der Waals surface area contributed by atoms with Gasteiger partial charge in [0, 0.05) is 10.8 Å². The van der Waals surface area contributed by atoms with Crippen LogP contribution in [0.15, 0.2) is 11.1 Å². The molecule has 14 heavy (non-hydrogen) atoms. The molecule has 2 nitrogen and oxygen atoms in total. The van der Waals surface area contributed by atoms with Crippen molar-refractivity contribution >= 4 is 40.5 Å². The van der Waals surface area contributed by atoms with Gasteiger partial charge in [0.2, 0.25) is 5.69 Å². The minimum absolute atomic E-state index is 0.591. The van der Waals surface area contributed by atoms with E-state index < -0.39 is 5.69 Å². The first-order chi connectivity index (χ1) is 6.54. The van der Waals surface area contributed by atoms with Crippen LogP contribution in [0.2, 0.25) is 0 Å². The Hall–Kier alpha value is 0.950. The maximum atomic E-state index is 5.71. The van der Waals surface area contributed by atoms with E-state index in [9.17, 15) is 0 Å². The van der Waals surface area contributed by atoms with E-state index in [1.807, 2.05) is 26.8 Å². The van der Waals surface area contributed by atoms with Crippen molar-refractivity contribution in [2.24, 2.45) is 0 Å². The molecule has 0 aromatic carbocycles. The number of rotatable bonds is 7. The van der Waals surface area contributed by atoms with E-state index in [0.29, 0.717) is 13.2 Å². The lowest BCUT2D eigenvalue weighted by molar-refractivity contribution is 0.280. The predicted molar refractivity (Wildman–Crippen MR) is 69.6 cm³/mol. The molecule has 0 fully saturated rings. The Morgan fingerprint density at radius 3 is 2.29 bits per heavy atom. The first-order valence-corrected chi connectivity index (χ1v) is 9.00. The molecule has 0 spiro atoms. The van der Waals surface area contributed by atoms with Crippen molar-refractivity contribution in [3.05, 3.63) is 11.1 Å². The molecular weight excluding hydrogens is 259 g/mol. The molecule has 0 aromatic heterocycles. The van der Waals surface area contributed by atoms with Gasteiger partial charge in [-0.15, -0.1) is 0 Å². The minimum Gasteiger partial charge on any atom is -0.322 e. The van der Waals surface area contributed by atoms with Gasteiger partial charge >= 0.3 is 0 Å². The fraction of sp³-hybridized carbons (Fsp3) is 0.750. The van der Waals surface area contributed by atoms with Gasteiger partial charge in [0.15, 0.2) is 0 Å². The molecule has 84 valence electrons. The lowest BCUT2D eigenvalue weighted by Gasteiger charge is -2.18. The zero-order chi connectivity index (χ0) is 11.0. The maximum Gasteiger partial charge on any atom is 0.247 e. The highest BCUT2D eigenvalue weighted by Gasteiger charge is 2.17. The van der Waals surface area contributed by atoms with E-state index in [1.54, 1.807) is 0 Å². The van der Waals surface area contributed by atoms with Crippen molar-refractivity contribution < 1.29 is 9.05 Å². The summed E-state index contributed by atoms with van der Waals surface area (Å²) >= 11 is 12.5. The maximum absolute atomic E-state index is 5.71. The van der Waals surface area contributed by atoms with Gasteiger partial charge in [0.1, 0.15) is 0 Å². The Kier molecular flexibility index (Phi) is 8.70. The van der Waals surface area contributed by atoms with Gasteiger partial charge in [-0.05, 0) is 32.6 Å². The van der Waals surface area contributed by atoms with Crippen LogP contribution in [0.1, 0.15) is 20.8 Å². The molecule has 0 heterocycles. The van der Waals surface area contributed by atoms with Crippen LogP contribution in [0, 0.1) is 0 Å². The Labute approximate surface area is 100 Å². The van der Waals surface area contributed by atoms with Crippen LogP contribution >= 0.6 is 28.7 Å². The molecule has 0 aliphatic rings. The summed E-state index contributed by atoms with van der Waals surface area (Å²) < 4.78 is 10.9. The highest BCUT2D eigenvalue weighted by Crippen LogP contribution is 2.60. The van der Waals surface area contributed by atoms with Gasteiger partial charge in [-0.3, -0.25) is 0 Å². The summed E-state index contributed by atoms with van der Waals surface area (Å²) in [5.41, 5.74) is -2.13. The smallest absolute Gasteiger partial charge is 0.247 e. The van der Waals surface area contributed by atoms with Crippen molar-refractivity contribution in [1.82, 2.24) is 0 Å². The van der Waals surface area contributed by atoms with Gasteiger partial charge in [0.05, 0.1) is 13.2 Å². The lowest BCUT2D eigenvalue weighted by atomic mass is 10.6. The average Bonchev–Trinajstić information content (AvgIpc) is 2.03. The third-order valence-corrected chi connectivity index (χ3v) is 6.72. The molecule has 0 bridgehead atoms. The third-order valence-electron chi connectivity index (χ3n) is 1.17. The minimum atomic E-state index is -2.13. The van der Waals surface area contributed by atoms with Crippen LogP contribution in [0.3, 0.4) is 0 Å². The first-order valence-electron chi connectivity index (χ1n) is 4.40. The number of hydrogen-bond acceptors (Lipinski definition) is 4. The molecule has 0 atom stereocenters. The second-order valence-corrected chi connectivity index (χ2v) is 9.32. The van der Waals surface area contributed by atoms with Crippen LogP contribution in [-0.2, 0) is 20.9 Å². The van der Waals surface area contributed by atoms with Crippen molar-refractivity contribution in [3.63, 3.8) is 0 Å². The van der Waals surface area contributed by atoms with Gasteiger partial charge < -0.3 is 9.05 Å². The fourth-order valence-corrected chi connectivity index (χ4v) is 5.23. The quantitative estimate of drug-likeness (QED) is 0.649. The van der Waals surface area contributed by atoms with E-state index >= 15 is 0 Å². The molecule has 0 amide bonds. The standard InChI is InChI=1S/C8H16ClO2PS2/c1-4-10-12(13,11-5-2)14-7-6-8(3)9/h6H,4-5,7H2,1-3H3/b8-6-. The van der Waals surface area contributed by atoms with E-state index in [4.69, 9.17) is 32.5 Å². The normalized spacial score (nSPS) is 13.3. The van der Waals surface area contributed by atoms with Gasteiger partial charge in [-0.2, -0.15) is 0 Å². The number of halogens is 1. The zero-order valence-electron chi connectivity index (χ0n) is 8.66. The fourth-order valence-electron chi connectivity index (χ4n) is 0.671. The molecule has 0 radical (unpaired) electrons. The first kappa shape index (κ1) is 14.9. The van der Waals surface area contributed by atoms with Crippen LogP contribution in [-0.4, -0.2) is 19.0 Å². The SMILES string of the molecule is CCOP(=S)(OCC)SC/C=C(/C)Cl. The largest absolute Gasteiger partial charge is 0.322 e. The van der Waals surface area contributed by atoms with Gasteiger partial charge in [0.25, 0.3) is 0 Å². The molecule has 0 aromatic rings. The monoisotopic (exact) mass is 274 g/mol. The summed E-state index contributed by atoms with van der Waals surface area (Å²) in [6.07, 6.45) is 1.91. The van der Waals surface area contributed by atoms with Crippen molar-refractivity contribution in [2.75, 3.05) is 19.0 Å². The second kappa shape index (κ2) is 8.14. The summed E-state index contributed by atoms with van der Waals surface area (Å²) in [6, 6.07) is 0. The average molecular weight is 275 g/mol. The number of allylic oxidation sites excluding steroid dienone is 1. The summed E-state index contributed by atoms with van der Waals surface area (Å²) in [4.78, 5) is 0. The molecule has 0 N–H and O–H groups in total. The van der Waals surface area contributed by atoms with Crippen molar-refractivity contribution in [2.45, 2.75) is 20.8 Å². The van der Waals surface area contributed by atoms with Gasteiger partial charge in [-0.25, -0.2) is 0 Å². The Balaban J connectivity index is 4.09. The summed E-state index contributed by atoms with van der Waals surface area (Å²) in [5.74, 6) is 0.743. The lowest BCUT2D eigenvalue weighted by Crippen LogP contribution is -1.92. The molecular formula is C8H16ClO2PS2. The summed E-state index contributed by atoms with van der Waals surface area (Å²) in [5, 5.41) is 0.770. The Morgan fingerprint density at radius 1 is 1.43 bits per heavy atom. The van der Waals surface area contributed by atoms with Crippen LogP contribution in [0.4, 0.5) is 0 Å². The predicted octanol–water partition coefficient (Wildman–Crippen LogP) is 4.16. The van der Waals surface area contributed by atoms with E-state index in [0.717, 1.165) is 10.8 Å². The molecule has 0 saturated carbocycles. The number of hydrogen-bond donors (Lipinski definition) is 0. The van der Waals surface area contributed by atoms with Crippen molar-refractivity contribution in [3.8, 4) is 0 Å². The highest BCUT2D eigenvalue weighted by molar-refractivity contribution is 8.67. The third kappa shape index (κ3) is 7.27. The Bertz CT molecular complexity index is 219. The molecule has 0 saturated heterocycles. The molecule has 0 rings (SSSR count). The topological polar surface area (TPSA) is 18.5 Å². The zero-order valence-corrected chi connectivity index (χ0v) is 11.9. The van der Waals surface area contributed by atoms with E-state index in [2.05, 4.69) is 0 Å².